The quantitative estimate of drug-likeness (QED) is 0.915. The largest absolute Gasteiger partial charge is 0.356 e. The minimum atomic E-state index is 0.0697. The summed E-state index contributed by atoms with van der Waals surface area (Å²) in [6.45, 7) is 4.73. The predicted octanol–water partition coefficient (Wildman–Crippen LogP) is 3.30. The molecule has 4 nitrogen and oxygen atoms in total. The summed E-state index contributed by atoms with van der Waals surface area (Å²) >= 11 is 1.68. The Hall–Kier alpha value is -1.88. The van der Waals surface area contributed by atoms with Crippen LogP contribution >= 0.6 is 11.3 Å². The van der Waals surface area contributed by atoms with Crippen molar-refractivity contribution in [3.05, 3.63) is 45.8 Å². The molecule has 0 atom stereocenters. The number of pyridine rings is 1. The van der Waals surface area contributed by atoms with Crippen LogP contribution in [0.1, 0.15) is 34.6 Å². The summed E-state index contributed by atoms with van der Waals surface area (Å²) in [5.74, 6) is 1.10. The summed E-state index contributed by atoms with van der Waals surface area (Å²) in [5, 5.41) is 3.04. The number of anilines is 1. The van der Waals surface area contributed by atoms with Crippen LogP contribution in [0.4, 0.5) is 5.82 Å². The van der Waals surface area contributed by atoms with Gasteiger partial charge in [-0.2, -0.15) is 0 Å². The van der Waals surface area contributed by atoms with Gasteiger partial charge in [0.25, 0.3) is 0 Å². The average molecular weight is 329 g/mol. The van der Waals surface area contributed by atoms with E-state index in [9.17, 15) is 4.79 Å². The molecule has 1 fully saturated rings. The lowest BCUT2D eigenvalue weighted by Gasteiger charge is -2.29. The molecule has 5 heteroatoms. The van der Waals surface area contributed by atoms with Crippen molar-refractivity contribution in [1.82, 2.24) is 10.3 Å². The number of hydrogen-bond donors (Lipinski definition) is 1. The van der Waals surface area contributed by atoms with Gasteiger partial charge < -0.3 is 10.2 Å². The number of nitrogens with one attached hydrogen (secondary N) is 1. The minimum absolute atomic E-state index is 0.0697. The van der Waals surface area contributed by atoms with E-state index in [2.05, 4.69) is 34.3 Å². The maximum absolute atomic E-state index is 12.1. The van der Waals surface area contributed by atoms with Gasteiger partial charge in [0.1, 0.15) is 5.82 Å². The first-order chi connectivity index (χ1) is 11.2. The Morgan fingerprint density at radius 1 is 1.26 bits per heavy atom. The predicted molar refractivity (Wildman–Crippen MR) is 94.9 cm³/mol. The van der Waals surface area contributed by atoms with Crippen molar-refractivity contribution in [3.8, 4) is 0 Å². The smallest absolute Gasteiger partial charge is 0.225 e. The number of aryl methyl sites for hydroxylation is 1. The van der Waals surface area contributed by atoms with Crippen molar-refractivity contribution in [2.45, 2.75) is 39.2 Å². The highest BCUT2D eigenvalue weighted by Crippen LogP contribution is 2.21. The Bertz CT molecular complexity index is 662. The fourth-order valence-electron chi connectivity index (χ4n) is 2.95. The number of thiophene rings is 1. The minimum Gasteiger partial charge on any atom is -0.356 e. The molecular formula is C18H23N3OS. The van der Waals surface area contributed by atoms with Crippen LogP contribution in [0.2, 0.25) is 0 Å². The number of carbonyl (C=O) groups excluding carboxylic acids is 1. The molecule has 0 aromatic carbocycles. The van der Waals surface area contributed by atoms with E-state index in [-0.39, 0.29) is 5.91 Å². The molecular weight excluding hydrogens is 306 g/mol. The molecule has 1 N–H and O–H groups in total. The van der Waals surface area contributed by atoms with Gasteiger partial charge in [-0.1, -0.05) is 6.07 Å². The number of rotatable bonds is 5. The molecule has 1 amide bonds. The van der Waals surface area contributed by atoms with Crippen molar-refractivity contribution in [2.75, 3.05) is 18.0 Å². The number of amides is 1. The van der Waals surface area contributed by atoms with Crippen molar-refractivity contribution in [2.24, 2.45) is 0 Å². The highest BCUT2D eigenvalue weighted by molar-refractivity contribution is 7.12. The highest BCUT2D eigenvalue weighted by atomic mass is 32.1. The monoisotopic (exact) mass is 329 g/mol. The lowest BCUT2D eigenvalue weighted by atomic mass is 10.1. The first-order valence-corrected chi connectivity index (χ1v) is 9.05. The second-order valence-corrected chi connectivity index (χ2v) is 7.37. The van der Waals surface area contributed by atoms with Gasteiger partial charge in [0.15, 0.2) is 0 Å². The molecule has 1 saturated heterocycles. The van der Waals surface area contributed by atoms with Crippen LogP contribution in [0.15, 0.2) is 30.5 Å². The summed E-state index contributed by atoms with van der Waals surface area (Å²) < 4.78 is 0. The molecule has 1 aliphatic heterocycles. The second kappa shape index (κ2) is 7.59. The van der Waals surface area contributed by atoms with Gasteiger partial charge in [0.2, 0.25) is 5.91 Å². The van der Waals surface area contributed by atoms with Gasteiger partial charge in [-0.15, -0.1) is 11.3 Å². The molecule has 0 aliphatic carbocycles. The van der Waals surface area contributed by atoms with Gasteiger partial charge in [-0.25, -0.2) is 4.98 Å². The molecule has 0 unspecified atom stereocenters. The summed E-state index contributed by atoms with van der Waals surface area (Å²) in [7, 11) is 0. The van der Waals surface area contributed by atoms with Crippen molar-refractivity contribution >= 4 is 23.1 Å². The molecule has 0 saturated carbocycles. The molecule has 2 aromatic heterocycles. The summed E-state index contributed by atoms with van der Waals surface area (Å²) in [4.78, 5) is 21.4. The Morgan fingerprint density at radius 3 is 2.83 bits per heavy atom. The van der Waals surface area contributed by atoms with Crippen molar-refractivity contribution in [3.63, 3.8) is 0 Å². The van der Waals surface area contributed by atoms with Gasteiger partial charge in [-0.05, 0) is 44.4 Å². The third kappa shape index (κ3) is 4.32. The third-order valence-corrected chi connectivity index (χ3v) is 5.13. The molecule has 23 heavy (non-hydrogen) atoms. The Labute approximate surface area is 141 Å². The molecule has 0 bridgehead atoms. The van der Waals surface area contributed by atoms with Crippen LogP contribution in [0.25, 0.3) is 0 Å². The van der Waals surface area contributed by atoms with Gasteiger partial charge in [0.05, 0.1) is 6.42 Å². The van der Waals surface area contributed by atoms with Gasteiger partial charge in [-0.3, -0.25) is 4.79 Å². The first-order valence-electron chi connectivity index (χ1n) is 8.23. The second-order valence-electron chi connectivity index (χ2n) is 6.00. The SMILES string of the molecule is Cc1ccc(CC(=O)NCc2cccnc2N2CCCCC2)s1. The fourth-order valence-corrected chi connectivity index (χ4v) is 3.84. The zero-order chi connectivity index (χ0) is 16.1. The van der Waals surface area contributed by atoms with Crippen LogP contribution < -0.4 is 10.2 Å². The van der Waals surface area contributed by atoms with E-state index < -0.39 is 0 Å². The highest BCUT2D eigenvalue weighted by Gasteiger charge is 2.16. The molecule has 0 radical (unpaired) electrons. The number of piperidine rings is 1. The van der Waals surface area contributed by atoms with Crippen molar-refractivity contribution in [1.29, 1.82) is 0 Å². The fraction of sp³-hybridized carbons (Fsp3) is 0.444. The van der Waals surface area contributed by atoms with Crippen LogP contribution in [0.5, 0.6) is 0 Å². The molecule has 3 rings (SSSR count). The van der Waals surface area contributed by atoms with Gasteiger partial charge in [0, 0.05) is 41.1 Å². The Morgan fingerprint density at radius 2 is 2.09 bits per heavy atom. The van der Waals surface area contributed by atoms with Crippen LogP contribution in [-0.2, 0) is 17.8 Å². The van der Waals surface area contributed by atoms with E-state index in [1.807, 2.05) is 18.3 Å². The number of aromatic nitrogens is 1. The third-order valence-electron chi connectivity index (χ3n) is 4.13. The topological polar surface area (TPSA) is 45.2 Å². The van der Waals surface area contributed by atoms with E-state index in [0.29, 0.717) is 13.0 Å². The molecule has 1 aliphatic rings. The van der Waals surface area contributed by atoms with Crippen LogP contribution in [-0.4, -0.2) is 24.0 Å². The van der Waals surface area contributed by atoms with Crippen LogP contribution in [0, 0.1) is 6.92 Å². The molecule has 0 spiro atoms. The van der Waals surface area contributed by atoms with Crippen molar-refractivity contribution < 1.29 is 4.79 Å². The zero-order valence-corrected chi connectivity index (χ0v) is 14.4. The van der Waals surface area contributed by atoms with E-state index in [1.165, 1.54) is 24.1 Å². The van der Waals surface area contributed by atoms with Gasteiger partial charge >= 0.3 is 0 Å². The maximum atomic E-state index is 12.1. The summed E-state index contributed by atoms with van der Waals surface area (Å²) in [6, 6.07) is 8.09. The molecule has 3 heterocycles. The van der Waals surface area contributed by atoms with E-state index in [0.717, 1.165) is 29.3 Å². The van der Waals surface area contributed by atoms with E-state index in [1.54, 1.807) is 11.3 Å². The standard InChI is InChI=1S/C18H23N3OS/c1-14-7-8-16(23-14)12-17(22)20-13-15-6-5-9-19-18(15)21-10-3-2-4-11-21/h5-9H,2-4,10-13H2,1H3,(H,20,22). The molecule has 122 valence electrons. The summed E-state index contributed by atoms with van der Waals surface area (Å²) in [6.07, 6.45) is 6.04. The maximum Gasteiger partial charge on any atom is 0.225 e. The zero-order valence-electron chi connectivity index (χ0n) is 13.5. The first kappa shape index (κ1) is 16.0. The molecule has 2 aromatic rings. The Balaban J connectivity index is 1.60. The number of hydrogen-bond acceptors (Lipinski definition) is 4. The lowest BCUT2D eigenvalue weighted by molar-refractivity contribution is -0.120. The van der Waals surface area contributed by atoms with Crippen LogP contribution in [0.3, 0.4) is 0 Å². The van der Waals surface area contributed by atoms with E-state index in [4.69, 9.17) is 0 Å². The normalized spacial score (nSPS) is 14.7. The summed E-state index contributed by atoms with van der Waals surface area (Å²) in [5.41, 5.74) is 1.10. The number of carbonyl (C=O) groups is 1. The number of nitrogens with zero attached hydrogens (tertiary/aromatic N) is 2. The van der Waals surface area contributed by atoms with E-state index >= 15 is 0 Å². The lowest BCUT2D eigenvalue weighted by Crippen LogP contribution is -2.32. The Kier molecular flexibility index (Phi) is 5.28. The average Bonchev–Trinajstić information content (AvgIpc) is 2.99.